The topological polar surface area (TPSA) is 161 Å². The Labute approximate surface area is 368 Å². The summed E-state index contributed by atoms with van der Waals surface area (Å²) in [6.45, 7) is 5.00. The molecule has 4 N–H and O–H groups in total. The van der Waals surface area contributed by atoms with Gasteiger partial charge in [0.05, 0.1) is 17.9 Å². The molecule has 2 fully saturated rings. The highest BCUT2D eigenvalue weighted by molar-refractivity contribution is 5.91. The number of nitrogens with zero attached hydrogens (tertiary/aromatic N) is 5. The average molecular weight is 870 g/mol. The number of carbonyl (C=O) groups is 3. The van der Waals surface area contributed by atoms with Gasteiger partial charge in [-0.05, 0) is 132 Å². The summed E-state index contributed by atoms with van der Waals surface area (Å²) in [5.74, 6) is 0.433. The van der Waals surface area contributed by atoms with E-state index in [0.29, 0.717) is 87.6 Å². The van der Waals surface area contributed by atoms with Gasteiger partial charge in [0, 0.05) is 63.1 Å². The first-order chi connectivity index (χ1) is 31.1. The molecular weight excluding hydrogens is 823 g/mol. The van der Waals surface area contributed by atoms with Crippen LogP contribution in [0.4, 0.5) is 13.6 Å². The van der Waals surface area contributed by atoms with E-state index in [2.05, 4.69) is 25.5 Å². The van der Waals surface area contributed by atoms with Crippen molar-refractivity contribution in [3.05, 3.63) is 156 Å². The number of amides is 3. The second-order valence-electron chi connectivity index (χ2n) is 15.6. The molecule has 4 heterocycles. The van der Waals surface area contributed by atoms with E-state index < -0.39 is 16.5 Å². The minimum absolute atomic E-state index is 0.0414. The number of ether oxygens (including phenoxy) is 2. The van der Waals surface area contributed by atoms with Crippen molar-refractivity contribution in [2.75, 3.05) is 58.9 Å². The lowest BCUT2D eigenvalue weighted by Crippen LogP contribution is -2.56. The van der Waals surface area contributed by atoms with Crippen LogP contribution in [0.15, 0.2) is 128 Å². The minimum atomic E-state index is -0.635. The van der Waals surface area contributed by atoms with Gasteiger partial charge in [0.2, 0.25) is 0 Å². The van der Waals surface area contributed by atoms with E-state index in [9.17, 15) is 23.2 Å². The van der Waals surface area contributed by atoms with Gasteiger partial charge in [-0.3, -0.25) is 29.7 Å². The zero-order chi connectivity index (χ0) is 44.5. The van der Waals surface area contributed by atoms with Crippen LogP contribution in [-0.4, -0.2) is 101 Å². The molecule has 14 nitrogen and oxygen atoms in total. The first kappa shape index (κ1) is 43.5. The fourth-order valence-electron chi connectivity index (χ4n) is 7.56. The van der Waals surface area contributed by atoms with Crippen LogP contribution in [0.25, 0.3) is 22.5 Å². The lowest BCUT2D eigenvalue weighted by molar-refractivity contribution is -1.02. The van der Waals surface area contributed by atoms with E-state index >= 15 is 0 Å². The molecule has 0 bridgehead atoms. The summed E-state index contributed by atoms with van der Waals surface area (Å²) in [6, 6.07) is 33.5. The molecule has 4 aromatic carbocycles. The summed E-state index contributed by atoms with van der Waals surface area (Å²) >= 11 is 0. The van der Waals surface area contributed by atoms with Crippen LogP contribution in [0.5, 0.6) is 23.0 Å². The van der Waals surface area contributed by atoms with Gasteiger partial charge in [-0.15, -0.1) is 0 Å². The van der Waals surface area contributed by atoms with Crippen LogP contribution < -0.4 is 25.8 Å². The molecule has 1 unspecified atom stereocenters. The molecule has 6 aromatic rings. The van der Waals surface area contributed by atoms with E-state index in [0.717, 1.165) is 27.9 Å². The van der Waals surface area contributed by atoms with E-state index in [-0.39, 0.29) is 36.4 Å². The third-order valence-electron chi connectivity index (χ3n) is 11.0. The zero-order valence-corrected chi connectivity index (χ0v) is 34.9. The Morgan fingerprint density at radius 2 is 1.27 bits per heavy atom. The number of benzene rings is 4. The van der Waals surface area contributed by atoms with Gasteiger partial charge >= 0.3 is 12.0 Å². The molecule has 0 radical (unpaired) electrons. The Kier molecular flexibility index (Phi) is 13.6. The fourth-order valence-corrected chi connectivity index (χ4v) is 7.56. The third-order valence-corrected chi connectivity index (χ3v) is 11.0. The molecule has 64 heavy (non-hydrogen) atoms. The van der Waals surface area contributed by atoms with Gasteiger partial charge in [0.1, 0.15) is 60.0 Å². The quantitative estimate of drug-likeness (QED) is 0.0663. The predicted octanol–water partition coefficient (Wildman–Crippen LogP) is 6.68. The Hall–Kier alpha value is -7.11. The van der Waals surface area contributed by atoms with Gasteiger partial charge in [-0.25, -0.2) is 23.4 Å². The van der Waals surface area contributed by atoms with Crippen LogP contribution >= 0.6 is 0 Å². The van der Waals surface area contributed by atoms with E-state index in [1.54, 1.807) is 48.7 Å². The number of nitrogens with one attached hydrogen (secondary N) is 2. The van der Waals surface area contributed by atoms with Crippen LogP contribution in [-0.2, 0) is 22.7 Å². The Morgan fingerprint density at radius 3 is 1.83 bits per heavy atom. The number of urea groups is 1. The molecule has 3 amide bonds. The molecule has 0 saturated carbocycles. The number of carbonyl (C=O) groups excluding carboxylic acids is 3. The standard InChI is InChI=1S/C48H46F2N8O6/c49-37-5-13-41(14-6-37)62-39-9-1-35(2-10-39)43-27-33(17-18-53-43)30-52-19-25-58(26-20-54-48(58)61)64-46(59)32-57-23-21-56(22-24-57)31-34-28-44(55-45(29-34)47(51)60)36-3-11-40(12-4-36)63-42-15-7-38(50)8-16-42/h1-18,27-29,52H,19-26,30-32H2,(H2-,51,54,60,61)/p+1. The number of pyridine rings is 2. The maximum absolute atomic E-state index is 13.3. The van der Waals surface area contributed by atoms with E-state index in [1.165, 1.54) is 24.3 Å². The second kappa shape index (κ2) is 19.9. The van der Waals surface area contributed by atoms with Crippen LogP contribution in [0, 0.1) is 11.6 Å². The highest BCUT2D eigenvalue weighted by atomic mass is 19.1. The van der Waals surface area contributed by atoms with Crippen molar-refractivity contribution >= 4 is 17.9 Å². The van der Waals surface area contributed by atoms with Crippen LogP contribution in [0.3, 0.4) is 0 Å². The molecule has 2 aliphatic rings. The number of hydrogen-bond acceptors (Lipinski definition) is 11. The number of aromatic nitrogens is 2. The highest BCUT2D eigenvalue weighted by Gasteiger charge is 2.46. The number of halogens is 2. The molecule has 2 aromatic heterocycles. The number of hydroxylamine groups is 3. The van der Waals surface area contributed by atoms with Crippen molar-refractivity contribution in [3.63, 3.8) is 0 Å². The van der Waals surface area contributed by atoms with E-state index in [4.69, 9.17) is 20.0 Å². The average Bonchev–Trinajstić information content (AvgIpc) is 3.66. The van der Waals surface area contributed by atoms with E-state index in [1.807, 2.05) is 59.5 Å². The van der Waals surface area contributed by atoms with Crippen LogP contribution in [0.1, 0.15) is 21.6 Å². The first-order valence-electron chi connectivity index (χ1n) is 20.9. The number of nitrogens with two attached hydrogens (primary N) is 1. The molecule has 0 spiro atoms. The summed E-state index contributed by atoms with van der Waals surface area (Å²) in [5, 5.41) is 6.20. The van der Waals surface area contributed by atoms with Gasteiger partial charge in [0.25, 0.3) is 5.91 Å². The van der Waals surface area contributed by atoms with Crippen LogP contribution in [0.2, 0.25) is 0 Å². The molecule has 16 heteroatoms. The Morgan fingerprint density at radius 1 is 0.719 bits per heavy atom. The summed E-state index contributed by atoms with van der Waals surface area (Å²) < 4.78 is 37.7. The maximum Gasteiger partial charge on any atom is 0.458 e. The highest BCUT2D eigenvalue weighted by Crippen LogP contribution is 2.28. The summed E-state index contributed by atoms with van der Waals surface area (Å²) in [4.78, 5) is 57.9. The van der Waals surface area contributed by atoms with Gasteiger partial charge < -0.3 is 20.5 Å². The molecule has 1 atom stereocenters. The van der Waals surface area contributed by atoms with Crippen molar-refractivity contribution in [3.8, 4) is 45.5 Å². The van der Waals surface area contributed by atoms with Crippen molar-refractivity contribution in [2.24, 2.45) is 5.73 Å². The van der Waals surface area contributed by atoms with Gasteiger partial charge in [-0.2, -0.15) is 0 Å². The predicted molar refractivity (Wildman–Crippen MR) is 234 cm³/mol. The fraction of sp³-hybridized carbons (Fsp3) is 0.229. The largest absolute Gasteiger partial charge is 0.458 e. The number of hydrogen-bond donors (Lipinski definition) is 3. The number of piperazine rings is 1. The zero-order valence-electron chi connectivity index (χ0n) is 34.9. The first-order valence-corrected chi connectivity index (χ1v) is 20.9. The number of rotatable bonds is 17. The minimum Gasteiger partial charge on any atom is -0.457 e. The maximum atomic E-state index is 13.3. The van der Waals surface area contributed by atoms with Crippen molar-refractivity contribution in [2.45, 2.75) is 13.1 Å². The SMILES string of the molecule is NC(=O)c1cc(CN2CCN(CC(=O)O[N+]3(CCNCc4ccnc(-c5ccc(Oc6ccc(F)cc6)cc5)c4)CCNC3=O)CC2)cc(-c2ccc(Oc3ccc(F)cc3)cc2)n1. The lowest BCUT2D eigenvalue weighted by Gasteiger charge is -2.34. The van der Waals surface area contributed by atoms with Crippen molar-refractivity contribution < 1.29 is 42.1 Å². The van der Waals surface area contributed by atoms with Crippen molar-refractivity contribution in [1.82, 2.24) is 30.4 Å². The Balaban J connectivity index is 0.800. The monoisotopic (exact) mass is 869 g/mol. The smallest absolute Gasteiger partial charge is 0.457 e. The third kappa shape index (κ3) is 11.3. The normalized spacial score (nSPS) is 16.6. The van der Waals surface area contributed by atoms with Crippen molar-refractivity contribution in [1.29, 1.82) is 0 Å². The van der Waals surface area contributed by atoms with Gasteiger partial charge in [-0.1, -0.05) is 4.65 Å². The van der Waals surface area contributed by atoms with Gasteiger partial charge in [0.15, 0.2) is 0 Å². The molecule has 328 valence electrons. The molecule has 2 aliphatic heterocycles. The summed E-state index contributed by atoms with van der Waals surface area (Å²) in [7, 11) is 0. The molecule has 0 aliphatic carbocycles. The summed E-state index contributed by atoms with van der Waals surface area (Å²) in [6.07, 6.45) is 1.74. The lowest BCUT2D eigenvalue weighted by atomic mass is 10.1. The Bertz CT molecular complexity index is 2580. The molecular formula is C48H47F2N8O6+. The summed E-state index contributed by atoms with van der Waals surface area (Å²) in [5.41, 5.74) is 10.7. The number of primary amides is 1. The number of quaternary nitrogens is 1. The molecule has 8 rings (SSSR count). The second-order valence-corrected chi connectivity index (χ2v) is 15.6. The molecule has 2 saturated heterocycles.